The van der Waals surface area contributed by atoms with Crippen LogP contribution in [0.2, 0.25) is 0 Å². The summed E-state index contributed by atoms with van der Waals surface area (Å²) >= 11 is 0. The monoisotopic (exact) mass is 219 g/mol. The molecule has 1 N–H and O–H groups in total. The summed E-state index contributed by atoms with van der Waals surface area (Å²) in [5.41, 5.74) is 0.806. The lowest BCUT2D eigenvalue weighted by molar-refractivity contribution is 0.127. The Balaban J connectivity index is 2.36. The number of ether oxygens (including phenoxy) is 1. The predicted molar refractivity (Wildman–Crippen MR) is 55.6 cm³/mol. The number of hydrogen-bond acceptors (Lipinski definition) is 3. The van der Waals surface area contributed by atoms with Crippen LogP contribution in [0.3, 0.4) is 0 Å². The molecule has 1 atom stereocenters. The van der Waals surface area contributed by atoms with Crippen molar-refractivity contribution in [3.63, 3.8) is 0 Å². The van der Waals surface area contributed by atoms with Gasteiger partial charge in [0.2, 0.25) is 10.0 Å². The van der Waals surface area contributed by atoms with Crippen LogP contribution < -0.4 is 4.72 Å². The fraction of sp³-hybridized carbons (Fsp3) is 0.778. The summed E-state index contributed by atoms with van der Waals surface area (Å²) in [5.74, 6) is 0.0697. The first-order valence-electron chi connectivity index (χ1n) is 4.73. The summed E-state index contributed by atoms with van der Waals surface area (Å²) in [7, 11) is -3.20. The van der Waals surface area contributed by atoms with E-state index in [1.165, 1.54) is 0 Å². The summed E-state index contributed by atoms with van der Waals surface area (Å²) in [5, 5.41) is 0. The number of nitrogens with one attached hydrogen (secondary N) is 1. The highest BCUT2D eigenvalue weighted by atomic mass is 32.2. The van der Waals surface area contributed by atoms with Gasteiger partial charge >= 0.3 is 0 Å². The zero-order valence-electron chi connectivity index (χ0n) is 8.45. The van der Waals surface area contributed by atoms with Crippen molar-refractivity contribution in [2.45, 2.75) is 25.9 Å². The smallest absolute Gasteiger partial charge is 0.214 e. The molecular weight excluding hydrogens is 202 g/mol. The van der Waals surface area contributed by atoms with Gasteiger partial charge in [-0.3, -0.25) is 0 Å². The van der Waals surface area contributed by atoms with Crippen LogP contribution in [0.1, 0.15) is 19.8 Å². The molecule has 0 amide bonds. The molecule has 0 aromatic carbocycles. The van der Waals surface area contributed by atoms with Crippen LogP contribution in [0.25, 0.3) is 0 Å². The number of rotatable bonds is 5. The topological polar surface area (TPSA) is 55.4 Å². The molecule has 4 nitrogen and oxygen atoms in total. The largest absolute Gasteiger partial charge is 0.377 e. The van der Waals surface area contributed by atoms with Crippen molar-refractivity contribution in [2.24, 2.45) is 0 Å². The third-order valence-corrected chi connectivity index (χ3v) is 3.42. The van der Waals surface area contributed by atoms with E-state index in [9.17, 15) is 8.42 Å². The highest BCUT2D eigenvalue weighted by Gasteiger charge is 2.22. The molecule has 0 bridgehead atoms. The third kappa shape index (κ3) is 4.21. The number of sulfonamides is 1. The van der Waals surface area contributed by atoms with E-state index >= 15 is 0 Å². The van der Waals surface area contributed by atoms with Crippen LogP contribution in [0.15, 0.2) is 12.2 Å². The first-order valence-corrected chi connectivity index (χ1v) is 6.38. The Labute approximate surface area is 85.4 Å². The summed E-state index contributed by atoms with van der Waals surface area (Å²) < 4.78 is 30.6. The Morgan fingerprint density at radius 3 is 2.86 bits per heavy atom. The molecule has 1 unspecified atom stereocenters. The van der Waals surface area contributed by atoms with Gasteiger partial charge in [0.05, 0.1) is 11.9 Å². The van der Waals surface area contributed by atoms with Gasteiger partial charge in [-0.1, -0.05) is 12.2 Å². The second-order valence-corrected chi connectivity index (χ2v) is 5.55. The lowest BCUT2D eigenvalue weighted by atomic mass is 10.3. The quantitative estimate of drug-likeness (QED) is 0.691. The SMILES string of the molecule is C=C(C)CNS(=O)(=O)CC1CCCO1. The fourth-order valence-corrected chi connectivity index (χ4v) is 2.65. The molecule has 0 radical (unpaired) electrons. The van der Waals surface area contributed by atoms with Gasteiger partial charge in [-0.25, -0.2) is 13.1 Å². The van der Waals surface area contributed by atoms with Crippen molar-refractivity contribution in [1.29, 1.82) is 0 Å². The Morgan fingerprint density at radius 1 is 1.64 bits per heavy atom. The molecule has 1 aliphatic heterocycles. The van der Waals surface area contributed by atoms with Crippen molar-refractivity contribution in [3.8, 4) is 0 Å². The lowest BCUT2D eigenvalue weighted by Crippen LogP contribution is -2.32. The first-order chi connectivity index (χ1) is 6.49. The normalized spacial score (nSPS) is 22.5. The molecule has 1 aliphatic rings. The second kappa shape index (κ2) is 4.91. The van der Waals surface area contributed by atoms with Gasteiger partial charge in [-0.05, 0) is 19.8 Å². The highest BCUT2D eigenvalue weighted by molar-refractivity contribution is 7.89. The molecular formula is C9H17NO3S. The van der Waals surface area contributed by atoms with Crippen LogP contribution in [0.5, 0.6) is 0 Å². The van der Waals surface area contributed by atoms with Crippen LogP contribution in [-0.2, 0) is 14.8 Å². The molecule has 1 fully saturated rings. The Kier molecular flexibility index (Phi) is 4.10. The molecule has 0 aromatic rings. The molecule has 5 heteroatoms. The second-order valence-electron chi connectivity index (χ2n) is 3.69. The first kappa shape index (κ1) is 11.7. The molecule has 1 heterocycles. The fourth-order valence-electron chi connectivity index (χ4n) is 1.31. The van der Waals surface area contributed by atoms with Crippen LogP contribution in [-0.4, -0.2) is 33.4 Å². The highest BCUT2D eigenvalue weighted by Crippen LogP contribution is 2.13. The van der Waals surface area contributed by atoms with E-state index in [-0.39, 0.29) is 11.9 Å². The van der Waals surface area contributed by atoms with Crippen molar-refractivity contribution >= 4 is 10.0 Å². The van der Waals surface area contributed by atoms with E-state index in [0.29, 0.717) is 13.2 Å². The van der Waals surface area contributed by atoms with E-state index in [0.717, 1.165) is 18.4 Å². The van der Waals surface area contributed by atoms with E-state index in [4.69, 9.17) is 4.74 Å². The van der Waals surface area contributed by atoms with Gasteiger partial charge in [0.15, 0.2) is 0 Å². The van der Waals surface area contributed by atoms with Crippen molar-refractivity contribution in [3.05, 3.63) is 12.2 Å². The third-order valence-electron chi connectivity index (χ3n) is 2.02. The summed E-state index contributed by atoms with van der Waals surface area (Å²) in [6.45, 7) is 6.41. The molecule has 0 spiro atoms. The average molecular weight is 219 g/mol. The van der Waals surface area contributed by atoms with Gasteiger partial charge in [0.25, 0.3) is 0 Å². The molecule has 14 heavy (non-hydrogen) atoms. The van der Waals surface area contributed by atoms with Crippen molar-refractivity contribution in [2.75, 3.05) is 18.9 Å². The van der Waals surface area contributed by atoms with Gasteiger partial charge in [0.1, 0.15) is 0 Å². The maximum atomic E-state index is 11.5. The van der Waals surface area contributed by atoms with Crippen LogP contribution in [0.4, 0.5) is 0 Å². The van der Waals surface area contributed by atoms with Crippen molar-refractivity contribution < 1.29 is 13.2 Å². The summed E-state index contributed by atoms with van der Waals surface area (Å²) in [4.78, 5) is 0. The lowest BCUT2D eigenvalue weighted by Gasteiger charge is -2.10. The Bertz CT molecular complexity index is 291. The standard InChI is InChI=1S/C9H17NO3S/c1-8(2)6-10-14(11,12)7-9-4-3-5-13-9/h9-10H,1,3-7H2,2H3. The average Bonchev–Trinajstić information content (AvgIpc) is 2.53. The molecule has 0 aliphatic carbocycles. The molecule has 82 valence electrons. The minimum Gasteiger partial charge on any atom is -0.377 e. The van der Waals surface area contributed by atoms with E-state index in [1.807, 2.05) is 0 Å². The predicted octanol–water partition coefficient (Wildman–Crippen LogP) is 0.661. The molecule has 1 saturated heterocycles. The zero-order chi connectivity index (χ0) is 10.6. The van der Waals surface area contributed by atoms with Crippen molar-refractivity contribution in [1.82, 2.24) is 4.72 Å². The van der Waals surface area contributed by atoms with Gasteiger partial charge in [-0.15, -0.1) is 0 Å². The van der Waals surface area contributed by atoms with Gasteiger partial charge < -0.3 is 4.74 Å². The Morgan fingerprint density at radius 2 is 2.36 bits per heavy atom. The maximum Gasteiger partial charge on any atom is 0.214 e. The maximum absolute atomic E-state index is 11.5. The van der Waals surface area contributed by atoms with E-state index in [1.54, 1.807) is 6.92 Å². The number of hydrogen-bond donors (Lipinski definition) is 1. The minimum absolute atomic E-state index is 0.0697. The summed E-state index contributed by atoms with van der Waals surface area (Å²) in [6.07, 6.45) is 1.67. The van der Waals surface area contributed by atoms with Crippen LogP contribution in [0, 0.1) is 0 Å². The molecule has 1 rings (SSSR count). The summed E-state index contributed by atoms with van der Waals surface area (Å²) in [6, 6.07) is 0. The van der Waals surface area contributed by atoms with E-state index in [2.05, 4.69) is 11.3 Å². The van der Waals surface area contributed by atoms with E-state index < -0.39 is 10.0 Å². The van der Waals surface area contributed by atoms with Crippen LogP contribution >= 0.6 is 0 Å². The van der Waals surface area contributed by atoms with Gasteiger partial charge in [-0.2, -0.15) is 0 Å². The minimum atomic E-state index is -3.20. The molecule has 0 saturated carbocycles. The Hall–Kier alpha value is -0.390. The zero-order valence-corrected chi connectivity index (χ0v) is 9.27. The molecule has 0 aromatic heterocycles. The van der Waals surface area contributed by atoms with Gasteiger partial charge in [0, 0.05) is 13.2 Å².